The van der Waals surface area contributed by atoms with Crippen LogP contribution in [0.4, 0.5) is 4.79 Å². The molecule has 6 heteroatoms. The summed E-state index contributed by atoms with van der Waals surface area (Å²) in [7, 11) is 0. The molecule has 1 aliphatic heterocycles. The van der Waals surface area contributed by atoms with E-state index in [1.165, 1.54) is 0 Å². The lowest BCUT2D eigenvalue weighted by atomic mass is 9.85. The normalized spacial score (nSPS) is 23.5. The highest BCUT2D eigenvalue weighted by atomic mass is 16.6. The summed E-state index contributed by atoms with van der Waals surface area (Å²) < 4.78 is 10.9. The molecule has 1 rings (SSSR count). The highest BCUT2D eigenvalue weighted by molar-refractivity contribution is 5.75. The largest absolute Gasteiger partial charge is 0.460 e. The number of esters is 1. The fourth-order valence-corrected chi connectivity index (χ4v) is 3.07. The molecule has 2 N–H and O–H groups in total. The van der Waals surface area contributed by atoms with Gasteiger partial charge < -0.3 is 19.9 Å². The standard InChI is InChI=1S/C19H35NO5/c1-11(2)13(10-21)8-15(20-18(23)25-19(5,6)7)16-9-14(12(3)4)17(22)24-16/h11-16,21H,8-10H2,1-7H3,(H,20,23). The fourth-order valence-electron chi connectivity index (χ4n) is 3.07. The lowest BCUT2D eigenvalue weighted by Gasteiger charge is -2.30. The first-order valence-electron chi connectivity index (χ1n) is 9.25. The van der Waals surface area contributed by atoms with Gasteiger partial charge in [-0.25, -0.2) is 4.79 Å². The Labute approximate surface area is 151 Å². The van der Waals surface area contributed by atoms with Crippen molar-refractivity contribution in [1.29, 1.82) is 0 Å². The van der Waals surface area contributed by atoms with Gasteiger partial charge in [0, 0.05) is 6.61 Å². The van der Waals surface area contributed by atoms with Crippen molar-refractivity contribution < 1.29 is 24.2 Å². The van der Waals surface area contributed by atoms with E-state index in [2.05, 4.69) is 5.32 Å². The third-order valence-electron chi connectivity index (χ3n) is 4.75. The Kier molecular flexibility index (Phi) is 7.72. The van der Waals surface area contributed by atoms with Gasteiger partial charge in [0.05, 0.1) is 12.0 Å². The molecular weight excluding hydrogens is 322 g/mol. The molecule has 0 radical (unpaired) electrons. The molecule has 146 valence electrons. The van der Waals surface area contributed by atoms with Gasteiger partial charge in [-0.15, -0.1) is 0 Å². The number of aliphatic hydroxyl groups is 1. The van der Waals surface area contributed by atoms with Crippen LogP contribution in [-0.2, 0) is 14.3 Å². The van der Waals surface area contributed by atoms with Crippen LogP contribution in [-0.4, -0.2) is 41.5 Å². The molecule has 6 nitrogen and oxygen atoms in total. The molecule has 4 atom stereocenters. The number of aliphatic hydroxyl groups excluding tert-OH is 1. The smallest absolute Gasteiger partial charge is 0.408 e. The number of alkyl carbamates (subject to hydrolysis) is 1. The number of nitrogens with one attached hydrogen (secondary N) is 1. The van der Waals surface area contributed by atoms with Crippen LogP contribution in [0.25, 0.3) is 0 Å². The second kappa shape index (κ2) is 8.88. The van der Waals surface area contributed by atoms with E-state index in [1.807, 2.05) is 27.7 Å². The second-order valence-electron chi connectivity index (χ2n) is 8.74. The molecule has 25 heavy (non-hydrogen) atoms. The van der Waals surface area contributed by atoms with Crippen LogP contribution in [0, 0.1) is 23.7 Å². The average Bonchev–Trinajstić information content (AvgIpc) is 2.83. The molecule has 1 saturated heterocycles. The Bertz CT molecular complexity index is 455. The van der Waals surface area contributed by atoms with Crippen LogP contribution in [0.15, 0.2) is 0 Å². The summed E-state index contributed by atoms with van der Waals surface area (Å²) in [6.45, 7) is 13.5. The number of rotatable bonds is 7. The van der Waals surface area contributed by atoms with Crippen LogP contribution in [0.5, 0.6) is 0 Å². The third-order valence-corrected chi connectivity index (χ3v) is 4.75. The summed E-state index contributed by atoms with van der Waals surface area (Å²) in [5.74, 6) is 0.0988. The average molecular weight is 357 g/mol. The van der Waals surface area contributed by atoms with E-state index >= 15 is 0 Å². The fraction of sp³-hybridized carbons (Fsp3) is 0.895. The number of carbonyl (C=O) groups is 2. The molecule has 0 aromatic rings. The van der Waals surface area contributed by atoms with Crippen LogP contribution in [0.2, 0.25) is 0 Å². The molecule has 0 aromatic heterocycles. The van der Waals surface area contributed by atoms with Crippen LogP contribution in [0.1, 0.15) is 61.3 Å². The lowest BCUT2D eigenvalue weighted by molar-refractivity contribution is -0.146. The Balaban J connectivity index is 2.88. The Morgan fingerprint density at radius 1 is 1.32 bits per heavy atom. The van der Waals surface area contributed by atoms with E-state index in [4.69, 9.17) is 9.47 Å². The molecular formula is C19H35NO5. The molecule has 4 unspecified atom stereocenters. The number of hydrogen-bond donors (Lipinski definition) is 2. The first-order valence-corrected chi connectivity index (χ1v) is 9.25. The third kappa shape index (κ3) is 6.84. The minimum atomic E-state index is -0.601. The van der Waals surface area contributed by atoms with Crippen molar-refractivity contribution in [2.45, 2.75) is 79.1 Å². The van der Waals surface area contributed by atoms with Gasteiger partial charge in [0.15, 0.2) is 0 Å². The summed E-state index contributed by atoms with van der Waals surface area (Å²) in [6, 6.07) is -0.373. The van der Waals surface area contributed by atoms with E-state index < -0.39 is 11.7 Å². The van der Waals surface area contributed by atoms with Gasteiger partial charge in [-0.1, -0.05) is 27.7 Å². The maximum absolute atomic E-state index is 12.2. The summed E-state index contributed by atoms with van der Waals surface area (Å²) in [5, 5.41) is 12.5. The van der Waals surface area contributed by atoms with Crippen LogP contribution >= 0.6 is 0 Å². The van der Waals surface area contributed by atoms with Gasteiger partial charge in [0.2, 0.25) is 0 Å². The van der Waals surface area contributed by atoms with Gasteiger partial charge in [0.25, 0.3) is 0 Å². The first kappa shape index (κ1) is 21.7. The highest BCUT2D eigenvalue weighted by Gasteiger charge is 2.42. The maximum atomic E-state index is 12.2. The van der Waals surface area contributed by atoms with Crippen molar-refractivity contribution in [2.24, 2.45) is 23.7 Å². The predicted molar refractivity (Wildman–Crippen MR) is 96.0 cm³/mol. The van der Waals surface area contributed by atoms with E-state index in [1.54, 1.807) is 20.8 Å². The van der Waals surface area contributed by atoms with Gasteiger partial charge in [-0.05, 0) is 51.4 Å². The predicted octanol–water partition coefficient (Wildman–Crippen LogP) is 3.12. The van der Waals surface area contributed by atoms with Gasteiger partial charge in [0.1, 0.15) is 11.7 Å². The quantitative estimate of drug-likeness (QED) is 0.684. The molecule has 0 saturated carbocycles. The van der Waals surface area contributed by atoms with Crippen molar-refractivity contribution in [3.63, 3.8) is 0 Å². The summed E-state index contributed by atoms with van der Waals surface area (Å²) >= 11 is 0. The topological polar surface area (TPSA) is 84.9 Å². The number of amides is 1. The van der Waals surface area contributed by atoms with Crippen LogP contribution in [0.3, 0.4) is 0 Å². The minimum absolute atomic E-state index is 0.0109. The van der Waals surface area contributed by atoms with Crippen molar-refractivity contribution in [2.75, 3.05) is 6.61 Å². The molecule has 1 fully saturated rings. The second-order valence-corrected chi connectivity index (χ2v) is 8.74. The molecule has 0 aromatic carbocycles. The molecule has 1 heterocycles. The molecule has 1 amide bonds. The molecule has 1 aliphatic rings. The van der Waals surface area contributed by atoms with Crippen molar-refractivity contribution in [1.82, 2.24) is 5.32 Å². The summed E-state index contributed by atoms with van der Waals surface area (Å²) in [6.07, 6.45) is 0.200. The number of carbonyl (C=O) groups excluding carboxylic acids is 2. The highest BCUT2D eigenvalue weighted by Crippen LogP contribution is 2.32. The van der Waals surface area contributed by atoms with Crippen LogP contribution < -0.4 is 5.32 Å². The molecule has 0 bridgehead atoms. The van der Waals surface area contributed by atoms with Crippen molar-refractivity contribution in [3.05, 3.63) is 0 Å². The number of cyclic esters (lactones) is 1. The number of hydrogen-bond acceptors (Lipinski definition) is 5. The Hall–Kier alpha value is -1.30. The van der Waals surface area contributed by atoms with Gasteiger partial charge >= 0.3 is 12.1 Å². The first-order chi connectivity index (χ1) is 11.4. The van der Waals surface area contributed by atoms with Crippen molar-refractivity contribution in [3.8, 4) is 0 Å². The Morgan fingerprint density at radius 2 is 1.92 bits per heavy atom. The number of ether oxygens (including phenoxy) is 2. The van der Waals surface area contributed by atoms with Gasteiger partial charge in [-0.2, -0.15) is 0 Å². The van der Waals surface area contributed by atoms with E-state index in [0.717, 1.165) is 0 Å². The minimum Gasteiger partial charge on any atom is -0.460 e. The SMILES string of the molecule is CC(C)C(CO)CC(NC(=O)OC(C)(C)C)C1CC(C(C)C)C(=O)O1. The lowest BCUT2D eigenvalue weighted by Crippen LogP contribution is -2.47. The summed E-state index contributed by atoms with van der Waals surface area (Å²) in [4.78, 5) is 24.3. The zero-order valence-electron chi connectivity index (χ0n) is 16.7. The van der Waals surface area contributed by atoms with E-state index in [-0.39, 0.29) is 48.4 Å². The summed E-state index contributed by atoms with van der Waals surface area (Å²) in [5.41, 5.74) is -0.601. The maximum Gasteiger partial charge on any atom is 0.408 e. The molecule has 0 aliphatic carbocycles. The van der Waals surface area contributed by atoms with E-state index in [9.17, 15) is 14.7 Å². The zero-order chi connectivity index (χ0) is 19.4. The zero-order valence-corrected chi connectivity index (χ0v) is 16.7. The monoisotopic (exact) mass is 357 g/mol. The van der Waals surface area contributed by atoms with Gasteiger partial charge in [-0.3, -0.25) is 4.79 Å². The Morgan fingerprint density at radius 3 is 2.32 bits per heavy atom. The molecule has 0 spiro atoms. The van der Waals surface area contributed by atoms with E-state index in [0.29, 0.717) is 12.8 Å². The van der Waals surface area contributed by atoms with Crippen molar-refractivity contribution >= 4 is 12.1 Å².